The quantitative estimate of drug-likeness (QED) is 0.512. The molecule has 5 rings (SSSR count). The Bertz CT molecular complexity index is 974. The van der Waals surface area contributed by atoms with Gasteiger partial charge in [-0.2, -0.15) is 0 Å². The normalized spacial score (nSPS) is 28.2. The summed E-state index contributed by atoms with van der Waals surface area (Å²) in [5.41, 5.74) is 0.951. The molecule has 2 aromatic carbocycles. The minimum Gasteiger partial charge on any atom is -0.461 e. The van der Waals surface area contributed by atoms with E-state index in [0.717, 1.165) is 57.9 Å². The molecule has 0 bridgehead atoms. The van der Waals surface area contributed by atoms with Gasteiger partial charge in [0.15, 0.2) is 0 Å². The molecule has 1 amide bonds. The van der Waals surface area contributed by atoms with Gasteiger partial charge < -0.3 is 9.64 Å². The van der Waals surface area contributed by atoms with Gasteiger partial charge in [0.2, 0.25) is 0 Å². The molecule has 2 aliphatic heterocycles. The van der Waals surface area contributed by atoms with Gasteiger partial charge in [0.25, 0.3) is 11.6 Å². The molecular formula is C23H24Br2N2O2. The van der Waals surface area contributed by atoms with E-state index in [4.69, 9.17) is 4.74 Å². The van der Waals surface area contributed by atoms with Crippen LogP contribution in [0.25, 0.3) is 0 Å². The Morgan fingerprint density at radius 2 is 1.76 bits per heavy atom. The molecule has 1 aliphatic carbocycles. The van der Waals surface area contributed by atoms with Crippen molar-refractivity contribution in [3.05, 3.63) is 62.5 Å². The summed E-state index contributed by atoms with van der Waals surface area (Å²) in [6.07, 6.45) is 5.01. The summed E-state index contributed by atoms with van der Waals surface area (Å²) in [6, 6.07) is 14.4. The van der Waals surface area contributed by atoms with E-state index in [0.29, 0.717) is 0 Å². The third kappa shape index (κ3) is 2.61. The van der Waals surface area contributed by atoms with Crippen molar-refractivity contribution in [2.24, 2.45) is 0 Å². The van der Waals surface area contributed by atoms with Crippen LogP contribution in [-0.2, 0) is 11.2 Å². The van der Waals surface area contributed by atoms with Crippen molar-refractivity contribution in [1.29, 1.82) is 0 Å². The van der Waals surface area contributed by atoms with E-state index in [-0.39, 0.29) is 17.5 Å². The number of hydrogen-bond donors (Lipinski definition) is 0. The number of likely N-dealkylation sites (N-methyl/N-ethyl adjacent to an activating group) is 2. The van der Waals surface area contributed by atoms with E-state index in [9.17, 15) is 4.79 Å². The molecule has 0 unspecified atom stereocenters. The molecule has 2 heterocycles. The minimum absolute atomic E-state index is 0.0659. The molecule has 2 atom stereocenters. The van der Waals surface area contributed by atoms with Gasteiger partial charge in [-0.25, -0.2) is 4.90 Å². The third-order valence-electron chi connectivity index (χ3n) is 7.20. The summed E-state index contributed by atoms with van der Waals surface area (Å²) in [4.78, 5) is 18.2. The summed E-state index contributed by atoms with van der Waals surface area (Å²) in [7, 11) is 4.04. The van der Waals surface area contributed by atoms with Crippen molar-refractivity contribution in [3.8, 4) is 5.75 Å². The number of rotatable bonds is 1. The number of halogens is 2. The molecule has 2 aromatic rings. The van der Waals surface area contributed by atoms with Gasteiger partial charge in [-0.1, -0.05) is 46.3 Å². The second-order valence-electron chi connectivity index (χ2n) is 8.45. The fraction of sp³-hybridized carbons (Fsp3) is 0.435. The van der Waals surface area contributed by atoms with E-state index in [2.05, 4.69) is 62.0 Å². The van der Waals surface area contributed by atoms with Crippen LogP contribution in [0.1, 0.15) is 42.7 Å². The Hall–Kier alpha value is -1.37. The topological polar surface area (TPSA) is 32.8 Å². The average molecular weight is 520 g/mol. The van der Waals surface area contributed by atoms with Gasteiger partial charge >= 0.3 is 0 Å². The van der Waals surface area contributed by atoms with Crippen LogP contribution in [0.2, 0.25) is 0 Å². The molecule has 3 aliphatic rings. The van der Waals surface area contributed by atoms with Crippen LogP contribution in [0, 0.1) is 0 Å². The Kier molecular flexibility index (Phi) is 4.61. The first-order valence-electron chi connectivity index (χ1n) is 10.1. The first-order chi connectivity index (χ1) is 13.9. The van der Waals surface area contributed by atoms with Crippen molar-refractivity contribution < 1.29 is 9.53 Å². The number of carbonyl (C=O) groups is 1. The van der Waals surface area contributed by atoms with Gasteiger partial charge in [0, 0.05) is 11.5 Å². The third-order valence-corrected chi connectivity index (χ3v) is 8.25. The highest BCUT2D eigenvalue weighted by molar-refractivity contribution is 9.11. The van der Waals surface area contributed by atoms with E-state index >= 15 is 0 Å². The van der Waals surface area contributed by atoms with Crippen molar-refractivity contribution in [2.45, 2.75) is 49.4 Å². The molecule has 0 N–H and O–H groups in total. The fourth-order valence-electron chi connectivity index (χ4n) is 5.71. The Morgan fingerprint density at radius 3 is 2.45 bits per heavy atom. The standard InChI is InChI=1S/C23H24Br2N2O2/c1-26-21(28)23(27(2)22(26)10-6-7-11-22)18(15-8-4-3-5-9-15)13-16-12-17(24)14-19(25)20(16)29-23/h3-5,8-9,12,14,18H,6-7,10-11,13H2,1-2H3/t18-,23-/m1/s1. The number of carbonyl (C=O) groups excluding carboxylic acids is 1. The Labute approximate surface area is 188 Å². The number of nitrogens with zero attached hydrogens (tertiary/aromatic N) is 2. The minimum atomic E-state index is -1.04. The fourth-order valence-corrected chi connectivity index (χ4v) is 7.10. The second kappa shape index (κ2) is 6.82. The molecule has 2 spiro atoms. The monoisotopic (exact) mass is 518 g/mol. The second-order valence-corrected chi connectivity index (χ2v) is 10.2. The smallest absolute Gasteiger partial charge is 0.284 e. The van der Waals surface area contributed by atoms with Crippen LogP contribution in [0.5, 0.6) is 5.75 Å². The first-order valence-corrected chi connectivity index (χ1v) is 11.7. The first kappa shape index (κ1) is 19.6. The summed E-state index contributed by atoms with van der Waals surface area (Å²) in [6.45, 7) is 0. The predicted octanol–water partition coefficient (Wildman–Crippen LogP) is 5.30. The molecular weight excluding hydrogens is 496 g/mol. The zero-order valence-corrected chi connectivity index (χ0v) is 19.8. The maximum Gasteiger partial charge on any atom is 0.284 e. The number of hydrogen-bond acceptors (Lipinski definition) is 3. The van der Waals surface area contributed by atoms with Crippen LogP contribution in [0.3, 0.4) is 0 Å². The zero-order valence-electron chi connectivity index (χ0n) is 16.6. The van der Waals surface area contributed by atoms with Gasteiger partial charge in [-0.05, 0) is 78.3 Å². The number of ether oxygens (including phenoxy) is 1. The number of benzene rings is 2. The molecule has 152 valence electrons. The van der Waals surface area contributed by atoms with Crippen molar-refractivity contribution >= 4 is 37.8 Å². The van der Waals surface area contributed by atoms with Crippen molar-refractivity contribution in [3.63, 3.8) is 0 Å². The maximum atomic E-state index is 14.0. The van der Waals surface area contributed by atoms with E-state index in [1.807, 2.05) is 36.2 Å². The van der Waals surface area contributed by atoms with Crippen LogP contribution < -0.4 is 4.74 Å². The van der Waals surface area contributed by atoms with E-state index < -0.39 is 5.72 Å². The zero-order chi connectivity index (χ0) is 20.4. The molecule has 4 nitrogen and oxygen atoms in total. The van der Waals surface area contributed by atoms with Gasteiger partial charge in [-0.3, -0.25) is 4.79 Å². The largest absolute Gasteiger partial charge is 0.461 e. The molecule has 0 radical (unpaired) electrons. The molecule has 6 heteroatoms. The lowest BCUT2D eigenvalue weighted by Crippen LogP contribution is -2.61. The SMILES string of the molecule is CN1C(=O)[C@@]2(Oc3c(Br)cc(Br)cc3C[C@@H]2c2ccccc2)N(C)C12CCCC2. The van der Waals surface area contributed by atoms with Crippen molar-refractivity contribution in [1.82, 2.24) is 9.80 Å². The van der Waals surface area contributed by atoms with Gasteiger partial charge in [0.1, 0.15) is 5.75 Å². The Morgan fingerprint density at radius 1 is 1.07 bits per heavy atom. The number of amides is 1. The van der Waals surface area contributed by atoms with Crippen LogP contribution >= 0.6 is 31.9 Å². The molecule has 29 heavy (non-hydrogen) atoms. The molecule has 1 saturated heterocycles. The highest BCUT2D eigenvalue weighted by Crippen LogP contribution is 2.56. The molecule has 0 aromatic heterocycles. The van der Waals surface area contributed by atoms with E-state index in [1.54, 1.807) is 0 Å². The van der Waals surface area contributed by atoms with Crippen LogP contribution in [-0.4, -0.2) is 41.2 Å². The average Bonchev–Trinajstić information content (AvgIpc) is 3.27. The van der Waals surface area contributed by atoms with Crippen molar-refractivity contribution in [2.75, 3.05) is 14.1 Å². The summed E-state index contributed by atoms with van der Waals surface area (Å²) < 4.78 is 8.67. The van der Waals surface area contributed by atoms with Crippen LogP contribution in [0.15, 0.2) is 51.4 Å². The van der Waals surface area contributed by atoms with Gasteiger partial charge in [0.05, 0.1) is 16.1 Å². The lowest BCUT2D eigenvalue weighted by atomic mass is 9.79. The lowest BCUT2D eigenvalue weighted by molar-refractivity contribution is -0.153. The van der Waals surface area contributed by atoms with E-state index in [1.165, 1.54) is 0 Å². The maximum absolute atomic E-state index is 14.0. The lowest BCUT2D eigenvalue weighted by Gasteiger charge is -2.47. The highest BCUT2D eigenvalue weighted by atomic mass is 79.9. The molecule has 2 fully saturated rings. The number of fused-ring (bicyclic) bond motifs is 1. The summed E-state index contributed by atoms with van der Waals surface area (Å²) in [5, 5.41) is 0. The predicted molar refractivity (Wildman–Crippen MR) is 120 cm³/mol. The summed E-state index contributed by atoms with van der Waals surface area (Å²) in [5.74, 6) is 0.762. The summed E-state index contributed by atoms with van der Waals surface area (Å²) >= 11 is 7.27. The molecule has 1 saturated carbocycles. The highest BCUT2D eigenvalue weighted by Gasteiger charge is 2.69. The van der Waals surface area contributed by atoms with Crippen LogP contribution in [0.4, 0.5) is 0 Å². The van der Waals surface area contributed by atoms with Gasteiger partial charge in [-0.15, -0.1) is 0 Å². The Balaban J connectivity index is 1.73.